The number of rotatable bonds is 7. The van der Waals surface area contributed by atoms with Crippen LogP contribution in [-0.2, 0) is 4.43 Å². The normalized spacial score (nSPS) is 14.1. The molecular weight excluding hydrogens is 232 g/mol. The fourth-order valence-electron chi connectivity index (χ4n) is 1.09. The highest BCUT2D eigenvalue weighted by molar-refractivity contribution is 6.74. The van der Waals surface area contributed by atoms with E-state index in [4.69, 9.17) is 9.53 Å². The number of aliphatic hydroxyl groups is 2. The van der Waals surface area contributed by atoms with Crippen molar-refractivity contribution < 1.29 is 14.6 Å². The van der Waals surface area contributed by atoms with Crippen LogP contribution in [0.25, 0.3) is 0 Å². The van der Waals surface area contributed by atoms with Gasteiger partial charge < -0.3 is 14.6 Å². The van der Waals surface area contributed by atoms with Crippen LogP contribution in [0.5, 0.6) is 0 Å². The first-order valence-corrected chi connectivity index (χ1v) is 9.24. The lowest BCUT2D eigenvalue weighted by atomic mass is 10.2. The van der Waals surface area contributed by atoms with Gasteiger partial charge in [0.15, 0.2) is 8.32 Å². The molecule has 0 heterocycles. The van der Waals surface area contributed by atoms with Crippen LogP contribution in [0.1, 0.15) is 40.0 Å². The summed E-state index contributed by atoms with van der Waals surface area (Å²) in [6.45, 7) is 11.8. The molecule has 0 aromatic rings. The van der Waals surface area contributed by atoms with E-state index in [9.17, 15) is 5.11 Å². The lowest BCUT2D eigenvalue weighted by molar-refractivity contribution is 0.263. The molecule has 0 rings (SSSR count). The standard InChI is InChI=1S/C13H28O3Si/c1-13(2,3)17(4,5)16-11-9-12(15)8-6-7-10-14/h8,14-15H,6-7,9-11H2,1-5H3/b12-8-. The van der Waals surface area contributed by atoms with Crippen molar-refractivity contribution in [1.82, 2.24) is 0 Å². The zero-order valence-corrected chi connectivity index (χ0v) is 12.9. The molecule has 102 valence electrons. The SMILES string of the molecule is CC(C)(C)[Si](C)(C)OCC/C(O)=C/CCCO. The summed E-state index contributed by atoms with van der Waals surface area (Å²) in [5, 5.41) is 18.4. The van der Waals surface area contributed by atoms with Gasteiger partial charge in [-0.3, -0.25) is 0 Å². The Morgan fingerprint density at radius 3 is 2.35 bits per heavy atom. The van der Waals surface area contributed by atoms with Crippen LogP contribution in [0.3, 0.4) is 0 Å². The maximum atomic E-state index is 9.59. The molecule has 0 spiro atoms. The Kier molecular flexibility index (Phi) is 7.05. The van der Waals surface area contributed by atoms with Gasteiger partial charge in [0.25, 0.3) is 0 Å². The molecular formula is C13H28O3Si. The molecule has 0 radical (unpaired) electrons. The summed E-state index contributed by atoms with van der Waals surface area (Å²) < 4.78 is 5.96. The zero-order chi connectivity index (χ0) is 13.5. The second kappa shape index (κ2) is 7.19. The molecule has 0 aromatic carbocycles. The number of hydrogen-bond acceptors (Lipinski definition) is 3. The molecule has 0 aliphatic carbocycles. The number of allylic oxidation sites excluding steroid dienone is 1. The van der Waals surface area contributed by atoms with Crippen LogP contribution in [-0.4, -0.2) is 31.7 Å². The second-order valence-corrected chi connectivity index (χ2v) is 10.7. The summed E-state index contributed by atoms with van der Waals surface area (Å²) in [4.78, 5) is 0. The molecule has 0 aliphatic rings. The Morgan fingerprint density at radius 2 is 1.88 bits per heavy atom. The van der Waals surface area contributed by atoms with Crippen LogP contribution in [0.4, 0.5) is 0 Å². The van der Waals surface area contributed by atoms with E-state index in [1.807, 2.05) is 0 Å². The van der Waals surface area contributed by atoms with Crippen molar-refractivity contribution in [2.24, 2.45) is 0 Å². The zero-order valence-electron chi connectivity index (χ0n) is 11.9. The minimum Gasteiger partial charge on any atom is -0.513 e. The third-order valence-corrected chi connectivity index (χ3v) is 7.91. The fraction of sp³-hybridized carbons (Fsp3) is 0.846. The van der Waals surface area contributed by atoms with Crippen molar-refractivity contribution in [3.63, 3.8) is 0 Å². The summed E-state index contributed by atoms with van der Waals surface area (Å²) in [6, 6.07) is 0. The van der Waals surface area contributed by atoms with Crippen molar-refractivity contribution in [2.75, 3.05) is 13.2 Å². The number of hydrogen-bond donors (Lipinski definition) is 2. The van der Waals surface area contributed by atoms with Gasteiger partial charge in [0.2, 0.25) is 0 Å². The van der Waals surface area contributed by atoms with E-state index in [-0.39, 0.29) is 11.6 Å². The van der Waals surface area contributed by atoms with E-state index in [0.29, 0.717) is 25.2 Å². The van der Waals surface area contributed by atoms with Crippen LogP contribution in [0.2, 0.25) is 18.1 Å². The Bertz CT molecular complexity index is 242. The van der Waals surface area contributed by atoms with Crippen LogP contribution < -0.4 is 0 Å². The van der Waals surface area contributed by atoms with E-state index >= 15 is 0 Å². The van der Waals surface area contributed by atoms with E-state index < -0.39 is 8.32 Å². The molecule has 0 saturated heterocycles. The first-order chi connectivity index (χ1) is 7.70. The lowest BCUT2D eigenvalue weighted by Crippen LogP contribution is -2.41. The molecule has 0 unspecified atom stereocenters. The molecule has 0 atom stereocenters. The van der Waals surface area contributed by atoms with Crippen LogP contribution in [0.15, 0.2) is 11.8 Å². The number of aliphatic hydroxyl groups excluding tert-OH is 2. The molecule has 4 heteroatoms. The quantitative estimate of drug-likeness (QED) is 0.417. The van der Waals surface area contributed by atoms with E-state index in [0.717, 1.165) is 6.42 Å². The van der Waals surface area contributed by atoms with Gasteiger partial charge in [-0.2, -0.15) is 0 Å². The Balaban J connectivity index is 3.95. The molecule has 17 heavy (non-hydrogen) atoms. The topological polar surface area (TPSA) is 49.7 Å². The monoisotopic (exact) mass is 260 g/mol. The summed E-state index contributed by atoms with van der Waals surface area (Å²) in [5.41, 5.74) is 0. The number of unbranched alkanes of at least 4 members (excludes halogenated alkanes) is 1. The highest BCUT2D eigenvalue weighted by Gasteiger charge is 2.36. The first-order valence-electron chi connectivity index (χ1n) is 6.33. The Hall–Kier alpha value is -0.323. The molecule has 3 nitrogen and oxygen atoms in total. The van der Waals surface area contributed by atoms with Gasteiger partial charge in [0.1, 0.15) is 0 Å². The fourth-order valence-corrected chi connectivity index (χ4v) is 2.13. The summed E-state index contributed by atoms with van der Waals surface area (Å²) in [6.07, 6.45) is 3.76. The molecule has 0 fully saturated rings. The van der Waals surface area contributed by atoms with Crippen LogP contribution >= 0.6 is 0 Å². The minimum absolute atomic E-state index is 0.171. The Morgan fingerprint density at radius 1 is 1.29 bits per heavy atom. The van der Waals surface area contributed by atoms with Crippen molar-refractivity contribution in [2.45, 2.75) is 58.2 Å². The lowest BCUT2D eigenvalue weighted by Gasteiger charge is -2.36. The Labute approximate surface area is 107 Å². The average Bonchev–Trinajstić information content (AvgIpc) is 2.16. The molecule has 0 saturated carbocycles. The van der Waals surface area contributed by atoms with Gasteiger partial charge in [-0.05, 0) is 37.0 Å². The third kappa shape index (κ3) is 6.86. The third-order valence-electron chi connectivity index (χ3n) is 3.37. The van der Waals surface area contributed by atoms with Gasteiger partial charge in [-0.25, -0.2) is 0 Å². The second-order valence-electron chi connectivity index (χ2n) is 5.92. The first kappa shape index (κ1) is 16.7. The van der Waals surface area contributed by atoms with Gasteiger partial charge in [0, 0.05) is 19.6 Å². The predicted octanol–water partition coefficient (Wildman–Crippen LogP) is 3.61. The van der Waals surface area contributed by atoms with Crippen LogP contribution in [0, 0.1) is 0 Å². The summed E-state index contributed by atoms with van der Waals surface area (Å²) in [7, 11) is -1.69. The molecule has 2 N–H and O–H groups in total. The maximum Gasteiger partial charge on any atom is 0.191 e. The predicted molar refractivity (Wildman–Crippen MR) is 74.8 cm³/mol. The van der Waals surface area contributed by atoms with E-state index in [1.54, 1.807) is 6.08 Å². The largest absolute Gasteiger partial charge is 0.513 e. The van der Waals surface area contributed by atoms with Crippen molar-refractivity contribution >= 4 is 8.32 Å². The van der Waals surface area contributed by atoms with Gasteiger partial charge >= 0.3 is 0 Å². The molecule has 0 amide bonds. The summed E-state index contributed by atoms with van der Waals surface area (Å²) in [5.74, 6) is 0.372. The van der Waals surface area contributed by atoms with Crippen molar-refractivity contribution in [3.8, 4) is 0 Å². The molecule has 0 bridgehead atoms. The average molecular weight is 260 g/mol. The van der Waals surface area contributed by atoms with Gasteiger partial charge in [-0.15, -0.1) is 0 Å². The van der Waals surface area contributed by atoms with E-state index in [1.165, 1.54) is 0 Å². The summed E-state index contributed by atoms with van der Waals surface area (Å²) >= 11 is 0. The van der Waals surface area contributed by atoms with Gasteiger partial charge in [0.05, 0.1) is 5.76 Å². The van der Waals surface area contributed by atoms with Crippen molar-refractivity contribution in [1.29, 1.82) is 0 Å². The molecule has 0 aromatic heterocycles. The van der Waals surface area contributed by atoms with Gasteiger partial charge in [-0.1, -0.05) is 20.8 Å². The highest BCUT2D eigenvalue weighted by atomic mass is 28.4. The molecule has 0 aliphatic heterocycles. The highest BCUT2D eigenvalue weighted by Crippen LogP contribution is 2.36. The van der Waals surface area contributed by atoms with E-state index in [2.05, 4.69) is 33.9 Å². The smallest absolute Gasteiger partial charge is 0.191 e. The van der Waals surface area contributed by atoms with Crippen molar-refractivity contribution in [3.05, 3.63) is 11.8 Å². The maximum absolute atomic E-state index is 9.59. The minimum atomic E-state index is -1.69.